The van der Waals surface area contributed by atoms with Gasteiger partial charge in [-0.25, -0.2) is 8.42 Å². The van der Waals surface area contributed by atoms with Crippen LogP contribution in [0.1, 0.15) is 5.56 Å². The molecule has 0 spiro atoms. The third-order valence-corrected chi connectivity index (χ3v) is 6.77. The third-order valence-electron chi connectivity index (χ3n) is 4.38. The van der Waals surface area contributed by atoms with Crippen molar-refractivity contribution in [2.75, 3.05) is 23.3 Å². The molecule has 0 saturated carbocycles. The lowest BCUT2D eigenvalue weighted by Crippen LogP contribution is -2.38. The van der Waals surface area contributed by atoms with Crippen LogP contribution >= 0.6 is 15.9 Å². The lowest BCUT2D eigenvalue weighted by molar-refractivity contribution is -0.114. The number of sulfonamides is 1. The second kappa shape index (κ2) is 9.32. The molecule has 156 valence electrons. The van der Waals surface area contributed by atoms with E-state index in [1.165, 1.54) is 19.2 Å². The van der Waals surface area contributed by atoms with Gasteiger partial charge >= 0.3 is 0 Å². The fourth-order valence-corrected chi connectivity index (χ4v) is 4.95. The average Bonchev–Trinajstić information content (AvgIpc) is 2.73. The van der Waals surface area contributed by atoms with Gasteiger partial charge in [-0.05, 0) is 65.3 Å². The summed E-state index contributed by atoms with van der Waals surface area (Å²) in [4.78, 5) is 12.7. The van der Waals surface area contributed by atoms with Gasteiger partial charge in [0.2, 0.25) is 5.91 Å². The molecule has 0 fully saturated rings. The van der Waals surface area contributed by atoms with E-state index in [1.54, 1.807) is 54.6 Å². The van der Waals surface area contributed by atoms with Crippen molar-refractivity contribution in [3.05, 3.63) is 82.8 Å². The molecule has 0 aromatic heterocycles. The van der Waals surface area contributed by atoms with Crippen LogP contribution in [0.25, 0.3) is 0 Å². The van der Waals surface area contributed by atoms with Gasteiger partial charge in [0, 0.05) is 5.69 Å². The normalized spacial score (nSPS) is 11.0. The fraction of sp³-hybridized carbons (Fsp3) is 0.136. The number of nitrogens with one attached hydrogen (secondary N) is 1. The van der Waals surface area contributed by atoms with Crippen molar-refractivity contribution in [3.63, 3.8) is 0 Å². The minimum atomic E-state index is -4.01. The molecule has 0 aliphatic heterocycles. The van der Waals surface area contributed by atoms with E-state index in [1.807, 2.05) is 13.0 Å². The quantitative estimate of drug-likeness (QED) is 0.527. The lowest BCUT2D eigenvalue weighted by atomic mass is 10.2. The van der Waals surface area contributed by atoms with Crippen molar-refractivity contribution in [3.8, 4) is 5.75 Å². The van der Waals surface area contributed by atoms with Gasteiger partial charge in [0.1, 0.15) is 12.3 Å². The zero-order chi connectivity index (χ0) is 21.7. The topological polar surface area (TPSA) is 75.7 Å². The summed E-state index contributed by atoms with van der Waals surface area (Å²) in [6.07, 6.45) is 0. The number of aryl methyl sites for hydroxylation is 1. The highest BCUT2D eigenvalue weighted by atomic mass is 79.9. The monoisotopic (exact) mass is 488 g/mol. The van der Waals surface area contributed by atoms with Crippen LogP contribution in [0.2, 0.25) is 0 Å². The van der Waals surface area contributed by atoms with Crippen molar-refractivity contribution in [2.24, 2.45) is 0 Å². The van der Waals surface area contributed by atoms with Gasteiger partial charge < -0.3 is 10.1 Å². The van der Waals surface area contributed by atoms with Crippen LogP contribution in [0.15, 0.2) is 82.2 Å². The summed E-state index contributed by atoms with van der Waals surface area (Å²) in [7, 11) is -2.51. The fourth-order valence-electron chi connectivity index (χ4n) is 2.81. The smallest absolute Gasteiger partial charge is 0.264 e. The Kier molecular flexibility index (Phi) is 6.79. The number of halogens is 1. The van der Waals surface area contributed by atoms with Crippen molar-refractivity contribution in [2.45, 2.75) is 11.8 Å². The second-order valence-corrected chi connectivity index (χ2v) is 9.27. The summed E-state index contributed by atoms with van der Waals surface area (Å²) in [6, 6.07) is 20.3. The van der Waals surface area contributed by atoms with Crippen LogP contribution in [0, 0.1) is 6.92 Å². The first-order valence-corrected chi connectivity index (χ1v) is 11.3. The molecular formula is C22H21BrN2O4S. The Morgan fingerprint density at radius 3 is 2.30 bits per heavy atom. The average molecular weight is 489 g/mol. The zero-order valence-electron chi connectivity index (χ0n) is 16.5. The Balaban J connectivity index is 1.97. The maximum absolute atomic E-state index is 13.4. The molecule has 3 rings (SSSR count). The number of hydrogen-bond acceptors (Lipinski definition) is 4. The number of carbonyl (C=O) groups excluding carboxylic acids is 1. The number of carbonyl (C=O) groups is 1. The van der Waals surface area contributed by atoms with Crippen molar-refractivity contribution in [1.29, 1.82) is 0 Å². The zero-order valence-corrected chi connectivity index (χ0v) is 18.9. The Hall–Kier alpha value is -2.84. The van der Waals surface area contributed by atoms with E-state index >= 15 is 0 Å². The van der Waals surface area contributed by atoms with Crippen LogP contribution in [0.4, 0.5) is 11.4 Å². The predicted octanol–water partition coefficient (Wildman–Crippen LogP) is 4.60. The number of nitrogens with zero attached hydrogens (tertiary/aromatic N) is 1. The Morgan fingerprint density at radius 2 is 1.70 bits per heavy atom. The highest BCUT2D eigenvalue weighted by molar-refractivity contribution is 9.10. The van der Waals surface area contributed by atoms with Crippen LogP contribution in [-0.4, -0.2) is 28.0 Å². The molecular weight excluding hydrogens is 468 g/mol. The number of benzene rings is 3. The predicted molar refractivity (Wildman–Crippen MR) is 121 cm³/mol. The second-order valence-electron chi connectivity index (χ2n) is 6.56. The first-order chi connectivity index (χ1) is 14.3. The molecule has 0 heterocycles. The Morgan fingerprint density at radius 1 is 1.03 bits per heavy atom. The van der Waals surface area contributed by atoms with E-state index in [0.29, 0.717) is 21.6 Å². The Bertz CT molecular complexity index is 1130. The molecule has 0 aliphatic carbocycles. The van der Waals surface area contributed by atoms with Gasteiger partial charge in [-0.3, -0.25) is 9.10 Å². The standard InChI is InChI=1S/C22H21BrN2O4S/c1-16-8-10-18(11-9-16)25(15-22(26)24-17-6-4-3-5-7-17)30(27,28)19-12-13-21(29-2)20(23)14-19/h3-14H,15H2,1-2H3,(H,24,26). The molecule has 1 N–H and O–H groups in total. The largest absolute Gasteiger partial charge is 0.496 e. The van der Waals surface area contributed by atoms with Crippen molar-refractivity contribution >= 4 is 43.2 Å². The summed E-state index contributed by atoms with van der Waals surface area (Å²) < 4.78 is 33.7. The number of rotatable bonds is 7. The SMILES string of the molecule is COc1ccc(S(=O)(=O)N(CC(=O)Nc2ccccc2)c2ccc(C)cc2)cc1Br. The van der Waals surface area contributed by atoms with E-state index in [0.717, 1.165) is 9.87 Å². The molecule has 0 unspecified atom stereocenters. The molecule has 1 amide bonds. The molecule has 0 bridgehead atoms. The van der Waals surface area contributed by atoms with E-state index in [9.17, 15) is 13.2 Å². The molecule has 0 radical (unpaired) electrons. The first-order valence-electron chi connectivity index (χ1n) is 9.09. The molecule has 30 heavy (non-hydrogen) atoms. The number of hydrogen-bond donors (Lipinski definition) is 1. The molecule has 8 heteroatoms. The van der Waals surface area contributed by atoms with Gasteiger partial charge in [0.15, 0.2) is 0 Å². The Labute approximate surface area is 184 Å². The first kappa shape index (κ1) is 21.9. The lowest BCUT2D eigenvalue weighted by Gasteiger charge is -2.24. The number of para-hydroxylation sites is 1. The van der Waals surface area contributed by atoms with Crippen LogP contribution < -0.4 is 14.4 Å². The summed E-state index contributed by atoms with van der Waals surface area (Å²) in [5.74, 6) is 0.0654. The third kappa shape index (κ3) is 5.01. The molecule has 3 aromatic rings. The van der Waals surface area contributed by atoms with Gasteiger partial charge in [-0.1, -0.05) is 35.9 Å². The van der Waals surface area contributed by atoms with Gasteiger partial charge in [-0.2, -0.15) is 0 Å². The van der Waals surface area contributed by atoms with E-state index in [-0.39, 0.29) is 11.4 Å². The summed E-state index contributed by atoms with van der Waals surface area (Å²) in [5, 5.41) is 2.73. The van der Waals surface area contributed by atoms with Crippen molar-refractivity contribution in [1.82, 2.24) is 0 Å². The number of anilines is 2. The minimum Gasteiger partial charge on any atom is -0.496 e. The highest BCUT2D eigenvalue weighted by Crippen LogP contribution is 2.30. The van der Waals surface area contributed by atoms with Crippen LogP contribution in [-0.2, 0) is 14.8 Å². The molecule has 6 nitrogen and oxygen atoms in total. The molecule has 0 saturated heterocycles. The van der Waals surface area contributed by atoms with E-state index in [2.05, 4.69) is 21.2 Å². The summed E-state index contributed by atoms with van der Waals surface area (Å²) in [6.45, 7) is 1.54. The van der Waals surface area contributed by atoms with E-state index in [4.69, 9.17) is 4.74 Å². The molecule has 0 aliphatic rings. The maximum Gasteiger partial charge on any atom is 0.264 e. The highest BCUT2D eigenvalue weighted by Gasteiger charge is 2.28. The van der Waals surface area contributed by atoms with Gasteiger partial charge in [0.25, 0.3) is 10.0 Å². The van der Waals surface area contributed by atoms with E-state index < -0.39 is 15.9 Å². The summed E-state index contributed by atoms with van der Waals surface area (Å²) in [5.41, 5.74) is 1.98. The molecule has 3 aromatic carbocycles. The number of methoxy groups -OCH3 is 1. The number of ether oxygens (including phenoxy) is 1. The van der Waals surface area contributed by atoms with Gasteiger partial charge in [0.05, 0.1) is 22.2 Å². The maximum atomic E-state index is 13.4. The number of amides is 1. The van der Waals surface area contributed by atoms with Crippen LogP contribution in [0.3, 0.4) is 0 Å². The minimum absolute atomic E-state index is 0.0447. The summed E-state index contributed by atoms with van der Waals surface area (Å²) >= 11 is 3.32. The van der Waals surface area contributed by atoms with Crippen LogP contribution in [0.5, 0.6) is 5.75 Å². The van der Waals surface area contributed by atoms with Gasteiger partial charge in [-0.15, -0.1) is 0 Å². The molecule has 0 atom stereocenters. The van der Waals surface area contributed by atoms with Crippen molar-refractivity contribution < 1.29 is 17.9 Å².